The topological polar surface area (TPSA) is 12.4 Å². The van der Waals surface area contributed by atoms with Gasteiger partial charge in [-0.1, -0.05) is 37.9 Å². The van der Waals surface area contributed by atoms with Crippen molar-refractivity contribution in [2.24, 2.45) is 4.99 Å². The van der Waals surface area contributed by atoms with Gasteiger partial charge in [0.25, 0.3) is 0 Å². The summed E-state index contributed by atoms with van der Waals surface area (Å²) in [5.74, 6) is 0. The van der Waals surface area contributed by atoms with Crippen LogP contribution in [-0.4, -0.2) is 5.04 Å². The van der Waals surface area contributed by atoms with Gasteiger partial charge in [0.15, 0.2) is 0 Å². The summed E-state index contributed by atoms with van der Waals surface area (Å²) >= 11 is 1.50. The maximum atomic E-state index is 4.04. The number of hydrogen-bond acceptors (Lipinski definition) is 2. The van der Waals surface area contributed by atoms with E-state index in [2.05, 4.69) is 31.2 Å². The largest absolute Gasteiger partial charge is 0.250 e. The second-order valence-corrected chi connectivity index (χ2v) is 2.73. The summed E-state index contributed by atoms with van der Waals surface area (Å²) < 4.78 is 0. The number of nitrogens with zero attached hydrogens (tertiary/aromatic N) is 1. The molecule has 0 aliphatic rings. The van der Waals surface area contributed by atoms with Crippen LogP contribution in [0.4, 0.5) is 0 Å². The third-order valence-electron chi connectivity index (χ3n) is 0.919. The number of aliphatic imine (C=N–C) groups is 1. The lowest BCUT2D eigenvalue weighted by Gasteiger charge is -1.91. The number of rotatable bonds is 4. The van der Waals surface area contributed by atoms with Crippen molar-refractivity contribution in [3.8, 4) is 0 Å². The molecule has 0 aliphatic carbocycles. The molecule has 0 rings (SSSR count). The molecule has 0 aliphatic heterocycles. The Hall–Kier alpha value is -0.760. The molecule has 0 aromatic heterocycles. The van der Waals surface area contributed by atoms with Crippen LogP contribution in [0.25, 0.3) is 0 Å². The van der Waals surface area contributed by atoms with E-state index in [0.717, 1.165) is 11.5 Å². The number of thioether (sulfide) groups is 1. The van der Waals surface area contributed by atoms with Crippen LogP contribution in [-0.2, 0) is 0 Å². The van der Waals surface area contributed by atoms with E-state index in [9.17, 15) is 0 Å². The van der Waals surface area contributed by atoms with Crippen molar-refractivity contribution in [1.82, 2.24) is 0 Å². The Morgan fingerprint density at radius 1 is 1.55 bits per heavy atom. The summed E-state index contributed by atoms with van der Waals surface area (Å²) in [7, 11) is 0. The molecule has 0 unspecified atom stereocenters. The van der Waals surface area contributed by atoms with Gasteiger partial charge in [-0.15, -0.1) is 0 Å². The summed E-state index contributed by atoms with van der Waals surface area (Å²) in [6.07, 6.45) is 6.58. The molecule has 0 atom stereocenters. The SMILES string of the molecule is C=CN=C(/C=C\CC)SC=C. The van der Waals surface area contributed by atoms with E-state index in [0.29, 0.717) is 0 Å². The number of allylic oxidation sites excluding steroid dienone is 1. The molecule has 0 radical (unpaired) electrons. The molecule has 0 spiro atoms. The molecule has 1 nitrogen and oxygen atoms in total. The van der Waals surface area contributed by atoms with Gasteiger partial charge < -0.3 is 0 Å². The Balaban J connectivity index is 4.09. The minimum absolute atomic E-state index is 0.928. The lowest BCUT2D eigenvalue weighted by atomic mass is 10.4. The predicted molar refractivity (Wildman–Crippen MR) is 54.9 cm³/mol. The third-order valence-corrected chi connectivity index (χ3v) is 1.57. The molecule has 0 bridgehead atoms. The Kier molecular flexibility index (Phi) is 6.84. The van der Waals surface area contributed by atoms with Crippen LogP contribution in [0.2, 0.25) is 0 Å². The molecule has 11 heavy (non-hydrogen) atoms. The van der Waals surface area contributed by atoms with Gasteiger partial charge in [0.2, 0.25) is 0 Å². The standard InChI is InChI=1S/C9H13NS/c1-4-7-8-9(10-5-2)11-6-3/h5-8H,2-4H2,1H3/b8-7-,10-9?. The maximum absolute atomic E-state index is 4.04. The van der Waals surface area contributed by atoms with Crippen molar-refractivity contribution < 1.29 is 0 Å². The van der Waals surface area contributed by atoms with E-state index in [1.54, 1.807) is 5.41 Å². The maximum Gasteiger partial charge on any atom is 0.0998 e. The molecule has 0 amide bonds. The minimum atomic E-state index is 0.928. The average Bonchev–Trinajstić information content (AvgIpc) is 2.01. The molecular weight excluding hydrogens is 154 g/mol. The Bertz CT molecular complexity index is 180. The molecule has 0 saturated carbocycles. The van der Waals surface area contributed by atoms with Gasteiger partial charge in [0.05, 0.1) is 5.04 Å². The van der Waals surface area contributed by atoms with Crippen LogP contribution in [0, 0.1) is 0 Å². The van der Waals surface area contributed by atoms with Gasteiger partial charge in [-0.25, -0.2) is 0 Å². The van der Waals surface area contributed by atoms with Gasteiger partial charge in [-0.3, -0.25) is 4.99 Å². The van der Waals surface area contributed by atoms with Crippen LogP contribution in [0.1, 0.15) is 13.3 Å². The fraction of sp³-hybridized carbons (Fsp3) is 0.222. The highest BCUT2D eigenvalue weighted by molar-refractivity contribution is 8.16. The van der Waals surface area contributed by atoms with Crippen LogP contribution in [0.3, 0.4) is 0 Å². The molecular formula is C9H13NS. The molecule has 60 valence electrons. The highest BCUT2D eigenvalue weighted by atomic mass is 32.2. The van der Waals surface area contributed by atoms with Gasteiger partial charge in [0, 0.05) is 6.20 Å². The zero-order chi connectivity index (χ0) is 8.53. The van der Waals surface area contributed by atoms with Crippen molar-refractivity contribution >= 4 is 16.8 Å². The molecule has 0 heterocycles. The first-order chi connectivity index (χ1) is 5.35. The summed E-state index contributed by atoms with van der Waals surface area (Å²) in [5, 5.41) is 2.68. The van der Waals surface area contributed by atoms with Crippen molar-refractivity contribution in [1.29, 1.82) is 0 Å². The first-order valence-electron chi connectivity index (χ1n) is 3.48. The van der Waals surface area contributed by atoms with Gasteiger partial charge >= 0.3 is 0 Å². The predicted octanol–water partition coefficient (Wildman–Crippen LogP) is 3.37. The Morgan fingerprint density at radius 3 is 2.73 bits per heavy atom. The Labute approximate surface area is 72.6 Å². The zero-order valence-corrected chi connectivity index (χ0v) is 7.60. The quantitative estimate of drug-likeness (QED) is 0.462. The van der Waals surface area contributed by atoms with Crippen LogP contribution >= 0.6 is 11.8 Å². The summed E-state index contributed by atoms with van der Waals surface area (Å²) in [5.41, 5.74) is 0. The smallest absolute Gasteiger partial charge is 0.0998 e. The van der Waals surface area contributed by atoms with Gasteiger partial charge in [-0.05, 0) is 17.9 Å². The van der Waals surface area contributed by atoms with E-state index in [-0.39, 0.29) is 0 Å². The first-order valence-corrected chi connectivity index (χ1v) is 4.36. The van der Waals surface area contributed by atoms with Crippen molar-refractivity contribution in [3.63, 3.8) is 0 Å². The monoisotopic (exact) mass is 167 g/mol. The van der Waals surface area contributed by atoms with E-state index in [4.69, 9.17) is 0 Å². The van der Waals surface area contributed by atoms with Crippen molar-refractivity contribution in [3.05, 3.63) is 36.9 Å². The second kappa shape index (κ2) is 7.35. The van der Waals surface area contributed by atoms with Crippen molar-refractivity contribution in [2.45, 2.75) is 13.3 Å². The highest BCUT2D eigenvalue weighted by Crippen LogP contribution is 2.06. The van der Waals surface area contributed by atoms with Crippen LogP contribution < -0.4 is 0 Å². The third kappa shape index (κ3) is 5.67. The van der Waals surface area contributed by atoms with E-state index < -0.39 is 0 Å². The number of hydrogen-bond donors (Lipinski definition) is 0. The minimum Gasteiger partial charge on any atom is -0.250 e. The summed E-state index contributed by atoms with van der Waals surface area (Å²) in [6.45, 7) is 9.21. The highest BCUT2D eigenvalue weighted by Gasteiger charge is 1.87. The summed E-state index contributed by atoms with van der Waals surface area (Å²) in [4.78, 5) is 4.04. The lowest BCUT2D eigenvalue weighted by molar-refractivity contribution is 1.23. The molecule has 0 saturated heterocycles. The van der Waals surface area contributed by atoms with Gasteiger partial charge in [-0.2, -0.15) is 0 Å². The molecule has 0 aromatic carbocycles. The average molecular weight is 167 g/mol. The molecule has 0 aromatic rings. The van der Waals surface area contributed by atoms with Crippen molar-refractivity contribution in [2.75, 3.05) is 0 Å². The molecule has 0 N–H and O–H groups in total. The van der Waals surface area contributed by atoms with Crippen LogP contribution in [0.5, 0.6) is 0 Å². The van der Waals surface area contributed by atoms with E-state index in [1.807, 2.05) is 6.08 Å². The lowest BCUT2D eigenvalue weighted by Crippen LogP contribution is -1.81. The first kappa shape index (κ1) is 10.2. The summed E-state index contributed by atoms with van der Waals surface area (Å²) in [6, 6.07) is 0. The molecule has 0 fully saturated rings. The zero-order valence-electron chi connectivity index (χ0n) is 6.79. The van der Waals surface area contributed by atoms with E-state index in [1.165, 1.54) is 18.0 Å². The molecule has 2 heteroatoms. The van der Waals surface area contributed by atoms with E-state index >= 15 is 0 Å². The second-order valence-electron chi connectivity index (χ2n) is 1.75. The fourth-order valence-electron chi connectivity index (χ4n) is 0.507. The fourth-order valence-corrected chi connectivity index (χ4v) is 0.988. The Morgan fingerprint density at radius 2 is 2.27 bits per heavy atom. The van der Waals surface area contributed by atoms with Gasteiger partial charge in [0.1, 0.15) is 0 Å². The normalized spacial score (nSPS) is 11.9. The van der Waals surface area contributed by atoms with Crippen LogP contribution in [0.15, 0.2) is 41.9 Å².